The minimum absolute atomic E-state index is 0.496. The molecule has 176 valence electrons. The van der Waals surface area contributed by atoms with Crippen molar-refractivity contribution in [3.05, 3.63) is 107 Å². The molecule has 5 heteroatoms. The average Bonchev–Trinajstić information content (AvgIpc) is 3.30. The Morgan fingerprint density at radius 2 is 1.66 bits per heavy atom. The molecule has 0 aliphatic carbocycles. The first-order valence-corrected chi connectivity index (χ1v) is 12.5. The van der Waals surface area contributed by atoms with Crippen LogP contribution in [0, 0.1) is 13.8 Å². The second-order valence-corrected chi connectivity index (χ2v) is 9.62. The fourth-order valence-corrected chi connectivity index (χ4v) is 5.10. The Kier molecular flexibility index (Phi) is 6.68. The molecule has 0 atom stereocenters. The van der Waals surface area contributed by atoms with E-state index in [-0.39, 0.29) is 0 Å². The van der Waals surface area contributed by atoms with E-state index in [1.807, 2.05) is 24.3 Å². The van der Waals surface area contributed by atoms with E-state index in [9.17, 15) is 0 Å². The molecule has 0 aliphatic rings. The largest absolute Gasteiger partial charge is 0.493 e. The van der Waals surface area contributed by atoms with Gasteiger partial charge in [0.05, 0.1) is 17.3 Å². The summed E-state index contributed by atoms with van der Waals surface area (Å²) < 4.78 is 13.1. The van der Waals surface area contributed by atoms with Gasteiger partial charge in [-0.05, 0) is 73.0 Å². The van der Waals surface area contributed by atoms with E-state index in [0.717, 1.165) is 44.4 Å². The van der Waals surface area contributed by atoms with Crippen LogP contribution in [-0.4, -0.2) is 12.1 Å². The number of methoxy groups -OCH3 is 1. The summed E-state index contributed by atoms with van der Waals surface area (Å²) in [6.07, 6.45) is 0. The van der Waals surface area contributed by atoms with Crippen LogP contribution in [0.2, 0.25) is 0 Å². The van der Waals surface area contributed by atoms with Crippen molar-refractivity contribution < 1.29 is 9.47 Å². The van der Waals surface area contributed by atoms with E-state index >= 15 is 0 Å². The van der Waals surface area contributed by atoms with Gasteiger partial charge in [-0.2, -0.15) is 0 Å². The maximum Gasteiger partial charge on any atom is 0.166 e. The summed E-state index contributed by atoms with van der Waals surface area (Å²) in [6, 6.07) is 29.1. The minimum atomic E-state index is 0.496. The standard InChI is InChI=1S/C30H28N2O2S/c1-20-11-16-26-28(17-20)35-30(32-26)22-12-14-25(15-13-22)31-18-23-9-6-10-27(33-3)29(23)34-19-24-8-5-4-7-21(24)2/h4-17,31H,18-19H2,1-3H3. The summed E-state index contributed by atoms with van der Waals surface area (Å²) in [7, 11) is 1.68. The van der Waals surface area contributed by atoms with Crippen molar-refractivity contribution in [3.63, 3.8) is 0 Å². The molecule has 4 nitrogen and oxygen atoms in total. The lowest BCUT2D eigenvalue weighted by atomic mass is 10.1. The van der Waals surface area contributed by atoms with Crippen molar-refractivity contribution in [1.29, 1.82) is 0 Å². The van der Waals surface area contributed by atoms with E-state index in [2.05, 4.69) is 79.8 Å². The lowest BCUT2D eigenvalue weighted by molar-refractivity contribution is 0.281. The van der Waals surface area contributed by atoms with Gasteiger partial charge in [-0.25, -0.2) is 4.98 Å². The summed E-state index contributed by atoms with van der Waals surface area (Å²) in [5, 5.41) is 4.56. The smallest absolute Gasteiger partial charge is 0.166 e. The summed E-state index contributed by atoms with van der Waals surface area (Å²) >= 11 is 1.73. The highest BCUT2D eigenvalue weighted by Gasteiger charge is 2.12. The van der Waals surface area contributed by atoms with Gasteiger partial charge in [0.1, 0.15) is 11.6 Å². The van der Waals surface area contributed by atoms with Crippen molar-refractivity contribution in [3.8, 4) is 22.1 Å². The second kappa shape index (κ2) is 10.2. The minimum Gasteiger partial charge on any atom is -0.493 e. The third kappa shape index (κ3) is 5.15. The van der Waals surface area contributed by atoms with Crippen LogP contribution >= 0.6 is 11.3 Å². The lowest BCUT2D eigenvalue weighted by Crippen LogP contribution is -2.06. The van der Waals surface area contributed by atoms with Gasteiger partial charge >= 0.3 is 0 Å². The van der Waals surface area contributed by atoms with Gasteiger partial charge in [0, 0.05) is 23.4 Å². The molecule has 4 aromatic carbocycles. The summed E-state index contributed by atoms with van der Waals surface area (Å²) in [6.45, 7) is 5.33. The Hall–Kier alpha value is -3.83. The van der Waals surface area contributed by atoms with Gasteiger partial charge in [0.2, 0.25) is 0 Å². The Labute approximate surface area is 210 Å². The zero-order valence-electron chi connectivity index (χ0n) is 20.2. The van der Waals surface area contributed by atoms with Crippen LogP contribution in [0.1, 0.15) is 22.3 Å². The highest BCUT2D eigenvalue weighted by atomic mass is 32.1. The van der Waals surface area contributed by atoms with Crippen molar-refractivity contribution in [2.24, 2.45) is 0 Å². The maximum atomic E-state index is 6.26. The van der Waals surface area contributed by atoms with Crippen LogP contribution in [0.4, 0.5) is 5.69 Å². The van der Waals surface area contributed by atoms with Crippen LogP contribution in [-0.2, 0) is 13.2 Å². The molecule has 0 bridgehead atoms. The molecule has 0 saturated carbocycles. The summed E-state index contributed by atoms with van der Waals surface area (Å²) in [4.78, 5) is 4.80. The Morgan fingerprint density at radius 3 is 2.46 bits per heavy atom. The van der Waals surface area contributed by atoms with E-state index in [0.29, 0.717) is 13.2 Å². The number of para-hydroxylation sites is 1. The van der Waals surface area contributed by atoms with Gasteiger partial charge in [-0.15, -0.1) is 11.3 Å². The molecule has 0 radical (unpaired) electrons. The number of hydrogen-bond donors (Lipinski definition) is 1. The number of benzene rings is 4. The molecular formula is C30H28N2O2S. The van der Waals surface area contributed by atoms with Crippen LogP contribution in [0.5, 0.6) is 11.5 Å². The van der Waals surface area contributed by atoms with E-state index in [4.69, 9.17) is 14.5 Å². The van der Waals surface area contributed by atoms with Crippen molar-refractivity contribution >= 4 is 27.2 Å². The predicted molar refractivity (Wildman–Crippen MR) is 146 cm³/mol. The number of nitrogens with one attached hydrogen (secondary N) is 1. The number of nitrogens with zero attached hydrogens (tertiary/aromatic N) is 1. The zero-order chi connectivity index (χ0) is 24.2. The summed E-state index contributed by atoms with van der Waals surface area (Å²) in [5.74, 6) is 1.51. The fourth-order valence-electron chi connectivity index (χ4n) is 4.03. The number of rotatable bonds is 8. The molecule has 5 aromatic rings. The van der Waals surface area contributed by atoms with Gasteiger partial charge in [-0.3, -0.25) is 0 Å². The molecule has 1 N–H and O–H groups in total. The first-order valence-electron chi connectivity index (χ1n) is 11.7. The molecule has 0 aliphatic heterocycles. The Balaban J connectivity index is 1.30. The predicted octanol–water partition coefficient (Wildman–Crippen LogP) is 7.78. The number of thiazole rings is 1. The van der Waals surface area contributed by atoms with Crippen LogP contribution in [0.3, 0.4) is 0 Å². The fraction of sp³-hybridized carbons (Fsp3) is 0.167. The summed E-state index contributed by atoms with van der Waals surface area (Å²) in [5.41, 5.74) is 7.89. The number of hydrogen-bond acceptors (Lipinski definition) is 5. The highest BCUT2D eigenvalue weighted by molar-refractivity contribution is 7.21. The first-order chi connectivity index (χ1) is 17.1. The van der Waals surface area contributed by atoms with Gasteiger partial charge in [-0.1, -0.05) is 42.5 Å². The number of aromatic nitrogens is 1. The molecule has 5 rings (SSSR count). The normalized spacial score (nSPS) is 10.9. The Bertz CT molecular complexity index is 1460. The molecule has 1 aromatic heterocycles. The topological polar surface area (TPSA) is 43.4 Å². The monoisotopic (exact) mass is 480 g/mol. The molecule has 0 unspecified atom stereocenters. The number of ether oxygens (including phenoxy) is 2. The molecule has 0 spiro atoms. The van der Waals surface area contributed by atoms with Gasteiger partial charge in [0.25, 0.3) is 0 Å². The van der Waals surface area contributed by atoms with E-state index in [1.54, 1.807) is 18.4 Å². The quantitative estimate of drug-likeness (QED) is 0.246. The van der Waals surface area contributed by atoms with E-state index < -0.39 is 0 Å². The van der Waals surface area contributed by atoms with Gasteiger partial charge < -0.3 is 14.8 Å². The van der Waals surface area contributed by atoms with Crippen molar-refractivity contribution in [2.45, 2.75) is 27.0 Å². The number of anilines is 1. The molecule has 0 saturated heterocycles. The molecule has 35 heavy (non-hydrogen) atoms. The van der Waals surface area contributed by atoms with Crippen LogP contribution in [0.15, 0.2) is 84.9 Å². The Morgan fingerprint density at radius 1 is 0.857 bits per heavy atom. The molecule has 0 amide bonds. The third-order valence-corrected chi connectivity index (χ3v) is 7.14. The van der Waals surface area contributed by atoms with Crippen LogP contribution < -0.4 is 14.8 Å². The van der Waals surface area contributed by atoms with E-state index in [1.165, 1.54) is 15.8 Å². The third-order valence-electron chi connectivity index (χ3n) is 6.07. The maximum absolute atomic E-state index is 6.26. The van der Waals surface area contributed by atoms with Crippen molar-refractivity contribution in [1.82, 2.24) is 4.98 Å². The average molecular weight is 481 g/mol. The van der Waals surface area contributed by atoms with Crippen LogP contribution in [0.25, 0.3) is 20.8 Å². The molecule has 0 fully saturated rings. The molecule has 1 heterocycles. The van der Waals surface area contributed by atoms with Crippen molar-refractivity contribution in [2.75, 3.05) is 12.4 Å². The lowest BCUT2D eigenvalue weighted by Gasteiger charge is -2.17. The first kappa shape index (κ1) is 22.9. The number of fused-ring (bicyclic) bond motifs is 1. The molecular weight excluding hydrogens is 452 g/mol. The number of aryl methyl sites for hydroxylation is 2. The van der Waals surface area contributed by atoms with Gasteiger partial charge in [0.15, 0.2) is 11.5 Å². The SMILES string of the molecule is COc1cccc(CNc2ccc(-c3nc4ccc(C)cc4s3)cc2)c1OCc1ccccc1C. The highest BCUT2D eigenvalue weighted by Crippen LogP contribution is 2.34. The second-order valence-electron chi connectivity index (χ2n) is 8.58. The zero-order valence-corrected chi connectivity index (χ0v) is 21.0.